The molecule has 1 aliphatic heterocycles. The van der Waals surface area contributed by atoms with Crippen molar-refractivity contribution in [3.05, 3.63) is 18.2 Å². The van der Waals surface area contributed by atoms with Crippen LogP contribution in [0.4, 0.5) is 5.69 Å². The molecule has 3 heteroatoms. The molecule has 0 bridgehead atoms. The van der Waals surface area contributed by atoms with E-state index in [0.29, 0.717) is 17.9 Å². The summed E-state index contributed by atoms with van der Waals surface area (Å²) >= 11 is 0. The second kappa shape index (κ2) is 6.17. The molecule has 0 unspecified atom stereocenters. The molecule has 0 saturated carbocycles. The molecule has 0 saturated heterocycles. The zero-order valence-electron chi connectivity index (χ0n) is 14.2. The summed E-state index contributed by atoms with van der Waals surface area (Å²) in [7, 11) is 0. The standard InChI is InChI=1S/C18H29NO2/c1-12(2)9-15(10-13(3)4)19-14-7-8-16-17(11-14)21-18(5,6)20-16/h7-8,11-13,15,19H,9-10H2,1-6H3. The maximum atomic E-state index is 5.82. The summed E-state index contributed by atoms with van der Waals surface area (Å²) in [6.45, 7) is 13.0. The van der Waals surface area contributed by atoms with E-state index in [1.165, 1.54) is 12.8 Å². The highest BCUT2D eigenvalue weighted by Gasteiger charge is 2.31. The van der Waals surface area contributed by atoms with Gasteiger partial charge in [0.1, 0.15) is 0 Å². The van der Waals surface area contributed by atoms with E-state index >= 15 is 0 Å². The SMILES string of the molecule is CC(C)CC(CC(C)C)Nc1ccc2c(c1)OC(C)(C)O2. The van der Waals surface area contributed by atoms with Crippen LogP contribution in [0.1, 0.15) is 54.4 Å². The highest BCUT2D eigenvalue weighted by molar-refractivity contribution is 5.56. The number of fused-ring (bicyclic) bond motifs is 1. The molecule has 0 aromatic heterocycles. The Morgan fingerprint density at radius 2 is 1.52 bits per heavy atom. The van der Waals surface area contributed by atoms with E-state index in [-0.39, 0.29) is 0 Å². The van der Waals surface area contributed by atoms with Crippen molar-refractivity contribution >= 4 is 5.69 Å². The lowest BCUT2D eigenvalue weighted by Gasteiger charge is -2.23. The minimum absolute atomic E-state index is 0.499. The third-order valence-electron chi connectivity index (χ3n) is 3.54. The van der Waals surface area contributed by atoms with Crippen LogP contribution in [0.5, 0.6) is 11.5 Å². The number of anilines is 1. The Kier molecular flexibility index (Phi) is 4.70. The van der Waals surface area contributed by atoms with Crippen LogP contribution >= 0.6 is 0 Å². The second-order valence-corrected chi connectivity index (χ2v) is 7.37. The minimum Gasteiger partial charge on any atom is -0.449 e. The lowest BCUT2D eigenvalue weighted by atomic mass is 9.95. The predicted molar refractivity (Wildman–Crippen MR) is 88.1 cm³/mol. The highest BCUT2D eigenvalue weighted by atomic mass is 16.7. The largest absolute Gasteiger partial charge is 0.449 e. The molecule has 0 fully saturated rings. The Morgan fingerprint density at radius 3 is 2.10 bits per heavy atom. The summed E-state index contributed by atoms with van der Waals surface area (Å²) in [5.74, 6) is 2.48. The van der Waals surface area contributed by atoms with Gasteiger partial charge in [0.25, 0.3) is 0 Å². The molecule has 1 aliphatic rings. The maximum Gasteiger partial charge on any atom is 0.246 e. The number of hydrogen-bond acceptors (Lipinski definition) is 3. The first kappa shape index (κ1) is 16.0. The van der Waals surface area contributed by atoms with Crippen LogP contribution < -0.4 is 14.8 Å². The van der Waals surface area contributed by atoms with Crippen molar-refractivity contribution in [1.29, 1.82) is 0 Å². The highest BCUT2D eigenvalue weighted by Crippen LogP contribution is 2.40. The third kappa shape index (κ3) is 4.55. The Hall–Kier alpha value is -1.38. The molecule has 1 aromatic rings. The Morgan fingerprint density at radius 1 is 0.952 bits per heavy atom. The van der Waals surface area contributed by atoms with E-state index in [2.05, 4.69) is 45.1 Å². The summed E-state index contributed by atoms with van der Waals surface area (Å²) in [6.07, 6.45) is 2.36. The van der Waals surface area contributed by atoms with Crippen LogP contribution in [-0.4, -0.2) is 11.8 Å². The van der Waals surface area contributed by atoms with Gasteiger partial charge in [0, 0.05) is 31.6 Å². The first-order valence-electron chi connectivity index (χ1n) is 8.04. The molecule has 1 aromatic carbocycles. The van der Waals surface area contributed by atoms with Crippen LogP contribution in [0.15, 0.2) is 18.2 Å². The quantitative estimate of drug-likeness (QED) is 0.794. The van der Waals surface area contributed by atoms with E-state index in [1.807, 2.05) is 19.9 Å². The van der Waals surface area contributed by atoms with Crippen molar-refractivity contribution in [1.82, 2.24) is 0 Å². The molecule has 118 valence electrons. The maximum absolute atomic E-state index is 5.82. The first-order chi connectivity index (χ1) is 9.75. The molecule has 0 spiro atoms. The van der Waals surface area contributed by atoms with E-state index in [4.69, 9.17) is 9.47 Å². The summed E-state index contributed by atoms with van der Waals surface area (Å²) in [6, 6.07) is 6.63. The summed E-state index contributed by atoms with van der Waals surface area (Å²) in [5, 5.41) is 3.66. The average molecular weight is 291 g/mol. The molecule has 0 aliphatic carbocycles. The fraction of sp³-hybridized carbons (Fsp3) is 0.667. The van der Waals surface area contributed by atoms with Gasteiger partial charge in [-0.1, -0.05) is 27.7 Å². The van der Waals surface area contributed by atoms with Gasteiger partial charge in [-0.2, -0.15) is 0 Å². The number of nitrogens with one attached hydrogen (secondary N) is 1. The second-order valence-electron chi connectivity index (χ2n) is 7.37. The molecule has 3 nitrogen and oxygen atoms in total. The molecule has 21 heavy (non-hydrogen) atoms. The van der Waals surface area contributed by atoms with Crippen LogP contribution in [0.3, 0.4) is 0 Å². The van der Waals surface area contributed by atoms with Crippen molar-refractivity contribution < 1.29 is 9.47 Å². The first-order valence-corrected chi connectivity index (χ1v) is 8.04. The van der Waals surface area contributed by atoms with Crippen molar-refractivity contribution in [3.8, 4) is 11.5 Å². The lowest BCUT2D eigenvalue weighted by Crippen LogP contribution is -2.29. The zero-order chi connectivity index (χ0) is 15.6. The average Bonchev–Trinajstić information content (AvgIpc) is 2.60. The van der Waals surface area contributed by atoms with Crippen LogP contribution in [0, 0.1) is 11.8 Å². The Bertz CT molecular complexity index is 470. The van der Waals surface area contributed by atoms with Gasteiger partial charge in [-0.15, -0.1) is 0 Å². The van der Waals surface area contributed by atoms with Crippen LogP contribution in [0.25, 0.3) is 0 Å². The number of benzene rings is 1. The van der Waals surface area contributed by atoms with Crippen molar-refractivity contribution in [2.24, 2.45) is 11.8 Å². The number of ether oxygens (including phenoxy) is 2. The Labute approximate surface area is 129 Å². The summed E-state index contributed by atoms with van der Waals surface area (Å²) < 4.78 is 11.5. The fourth-order valence-corrected chi connectivity index (χ4v) is 2.90. The molecule has 1 N–H and O–H groups in total. The predicted octanol–water partition coefficient (Wildman–Crippen LogP) is 5.07. The smallest absolute Gasteiger partial charge is 0.246 e. The number of hydrogen-bond donors (Lipinski definition) is 1. The normalized spacial score (nSPS) is 16.0. The molecular weight excluding hydrogens is 262 g/mol. The fourth-order valence-electron chi connectivity index (χ4n) is 2.90. The van der Waals surface area contributed by atoms with Gasteiger partial charge >= 0.3 is 0 Å². The van der Waals surface area contributed by atoms with Gasteiger partial charge in [-0.3, -0.25) is 0 Å². The van der Waals surface area contributed by atoms with E-state index in [1.54, 1.807) is 0 Å². The summed E-state index contributed by atoms with van der Waals surface area (Å²) in [4.78, 5) is 0. The monoisotopic (exact) mass is 291 g/mol. The molecular formula is C18H29NO2. The van der Waals surface area contributed by atoms with E-state index in [0.717, 1.165) is 17.2 Å². The van der Waals surface area contributed by atoms with Crippen molar-refractivity contribution in [3.63, 3.8) is 0 Å². The van der Waals surface area contributed by atoms with Gasteiger partial charge in [0.05, 0.1) is 0 Å². The van der Waals surface area contributed by atoms with Gasteiger partial charge in [-0.25, -0.2) is 0 Å². The van der Waals surface area contributed by atoms with Crippen molar-refractivity contribution in [2.45, 2.75) is 66.2 Å². The van der Waals surface area contributed by atoms with Crippen LogP contribution in [-0.2, 0) is 0 Å². The summed E-state index contributed by atoms with van der Waals surface area (Å²) in [5.41, 5.74) is 1.11. The molecule has 1 heterocycles. The zero-order valence-corrected chi connectivity index (χ0v) is 14.2. The van der Waals surface area contributed by atoms with Crippen LogP contribution in [0.2, 0.25) is 0 Å². The van der Waals surface area contributed by atoms with Gasteiger partial charge in [0.2, 0.25) is 5.79 Å². The Balaban J connectivity index is 2.08. The minimum atomic E-state index is -0.559. The van der Waals surface area contributed by atoms with Crippen molar-refractivity contribution in [2.75, 3.05) is 5.32 Å². The molecule has 0 radical (unpaired) electrons. The lowest BCUT2D eigenvalue weighted by molar-refractivity contribution is -0.0431. The molecule has 0 atom stereocenters. The molecule has 2 rings (SSSR count). The van der Waals surface area contributed by atoms with Gasteiger partial charge in [-0.05, 0) is 36.8 Å². The van der Waals surface area contributed by atoms with Gasteiger partial charge < -0.3 is 14.8 Å². The van der Waals surface area contributed by atoms with E-state index in [9.17, 15) is 0 Å². The van der Waals surface area contributed by atoms with Gasteiger partial charge in [0.15, 0.2) is 11.5 Å². The topological polar surface area (TPSA) is 30.5 Å². The third-order valence-corrected chi connectivity index (χ3v) is 3.54. The molecule has 0 amide bonds. The number of rotatable bonds is 6. The van der Waals surface area contributed by atoms with E-state index < -0.39 is 5.79 Å².